The van der Waals surface area contributed by atoms with Crippen molar-refractivity contribution in [2.24, 2.45) is 0 Å². The largest absolute Gasteiger partial charge is 0.477 e. The molecule has 1 aromatic rings. The lowest BCUT2D eigenvalue weighted by Gasteiger charge is -2.16. The van der Waals surface area contributed by atoms with E-state index >= 15 is 0 Å². The van der Waals surface area contributed by atoms with Crippen LogP contribution in [0.15, 0.2) is 22.9 Å². The normalized spacial score (nSPS) is 20.9. The van der Waals surface area contributed by atoms with Gasteiger partial charge in [0.15, 0.2) is 0 Å². The number of aryl methyl sites for hydroxylation is 2. The fourth-order valence-electron chi connectivity index (χ4n) is 2.17. The van der Waals surface area contributed by atoms with Gasteiger partial charge in [-0.3, -0.25) is 0 Å². The number of carboxylic acid groups (broad SMARTS) is 1. The molecular formula is C13H14ClNO3. The van der Waals surface area contributed by atoms with Gasteiger partial charge in [0.1, 0.15) is 11.1 Å². The molecule has 0 spiro atoms. The Balaban J connectivity index is 2.64. The van der Waals surface area contributed by atoms with Crippen LogP contribution in [-0.4, -0.2) is 23.2 Å². The monoisotopic (exact) mass is 267 g/mol. The van der Waals surface area contributed by atoms with Crippen LogP contribution < -0.4 is 4.90 Å². The van der Waals surface area contributed by atoms with Gasteiger partial charge in [-0.25, -0.2) is 4.79 Å². The van der Waals surface area contributed by atoms with Crippen LogP contribution >= 0.6 is 11.6 Å². The van der Waals surface area contributed by atoms with E-state index in [0.29, 0.717) is 5.56 Å². The van der Waals surface area contributed by atoms with Crippen LogP contribution in [0.2, 0.25) is 0 Å². The molecule has 0 amide bonds. The van der Waals surface area contributed by atoms with Gasteiger partial charge in [0, 0.05) is 18.3 Å². The Hall–Kier alpha value is -1.52. The topological polar surface area (TPSA) is 60.8 Å². The predicted molar refractivity (Wildman–Crippen MR) is 69.8 cm³/mol. The second-order valence-electron chi connectivity index (χ2n) is 4.46. The first-order valence-corrected chi connectivity index (χ1v) is 5.88. The molecule has 0 aromatic heterocycles. The summed E-state index contributed by atoms with van der Waals surface area (Å²) >= 11 is 5.76. The number of nitrogens with zero attached hydrogens (tertiary/aromatic N) is 1. The van der Waals surface area contributed by atoms with Crippen molar-refractivity contribution >= 4 is 23.3 Å². The lowest BCUT2D eigenvalue weighted by atomic mass is 10.0. The zero-order chi connectivity index (χ0) is 13.6. The Labute approximate surface area is 110 Å². The van der Waals surface area contributed by atoms with Gasteiger partial charge in [-0.15, -0.1) is 0 Å². The first-order valence-electron chi connectivity index (χ1n) is 5.50. The minimum atomic E-state index is -1.24. The number of aliphatic hydroxyl groups is 1. The zero-order valence-electron chi connectivity index (χ0n) is 10.4. The van der Waals surface area contributed by atoms with E-state index in [-0.39, 0.29) is 10.7 Å². The average Bonchev–Trinajstić information content (AvgIpc) is 2.52. The minimum Gasteiger partial charge on any atom is -0.477 e. The van der Waals surface area contributed by atoms with E-state index in [2.05, 4.69) is 0 Å². The lowest BCUT2D eigenvalue weighted by Crippen LogP contribution is -2.17. The Bertz CT molecular complexity index is 529. The number of aliphatic carboxylic acids is 1. The smallest absolute Gasteiger partial charge is 0.349 e. The van der Waals surface area contributed by atoms with Crippen molar-refractivity contribution in [2.45, 2.75) is 20.0 Å². The Kier molecular flexibility index (Phi) is 3.09. The lowest BCUT2D eigenvalue weighted by molar-refractivity contribution is -0.132. The van der Waals surface area contributed by atoms with E-state index in [4.69, 9.17) is 16.7 Å². The van der Waals surface area contributed by atoms with Crippen LogP contribution in [0, 0.1) is 13.8 Å². The summed E-state index contributed by atoms with van der Waals surface area (Å²) in [5, 5.41) is 18.8. The number of aliphatic hydroxyl groups excluding tert-OH is 1. The number of anilines is 1. The first kappa shape index (κ1) is 12.9. The fourth-order valence-corrected chi connectivity index (χ4v) is 2.40. The average molecular weight is 268 g/mol. The molecule has 0 saturated heterocycles. The molecule has 0 fully saturated rings. The Morgan fingerprint density at radius 2 is 1.89 bits per heavy atom. The van der Waals surface area contributed by atoms with Gasteiger partial charge in [-0.2, -0.15) is 0 Å². The molecule has 1 aromatic carbocycles. The number of halogens is 1. The summed E-state index contributed by atoms with van der Waals surface area (Å²) in [5.41, 5.74) is 3.83. The third-order valence-electron chi connectivity index (χ3n) is 3.33. The zero-order valence-corrected chi connectivity index (χ0v) is 11.1. The molecule has 4 nitrogen and oxygen atoms in total. The maximum Gasteiger partial charge on any atom is 0.349 e. The highest BCUT2D eigenvalue weighted by atomic mass is 35.5. The first-order chi connectivity index (χ1) is 8.34. The van der Waals surface area contributed by atoms with Gasteiger partial charge in [0.2, 0.25) is 0 Å². The molecule has 2 N–H and O–H groups in total. The number of rotatable bonds is 1. The molecule has 1 aliphatic heterocycles. The molecule has 5 heteroatoms. The van der Waals surface area contributed by atoms with E-state index in [9.17, 15) is 9.90 Å². The molecule has 2 rings (SSSR count). The number of carbonyl (C=O) groups is 1. The van der Waals surface area contributed by atoms with Gasteiger partial charge >= 0.3 is 5.97 Å². The van der Waals surface area contributed by atoms with Crippen molar-refractivity contribution in [3.8, 4) is 0 Å². The summed E-state index contributed by atoms with van der Waals surface area (Å²) in [6.45, 7) is 3.92. The third kappa shape index (κ3) is 1.78. The molecular weight excluding hydrogens is 254 g/mol. The van der Waals surface area contributed by atoms with Gasteiger partial charge < -0.3 is 15.1 Å². The minimum absolute atomic E-state index is 0.212. The van der Waals surface area contributed by atoms with Crippen LogP contribution in [-0.2, 0) is 4.79 Å². The van der Waals surface area contributed by atoms with Crippen LogP contribution in [0.1, 0.15) is 22.8 Å². The molecule has 18 heavy (non-hydrogen) atoms. The van der Waals surface area contributed by atoms with Crippen molar-refractivity contribution in [2.75, 3.05) is 11.9 Å². The number of hydrogen-bond acceptors (Lipinski definition) is 3. The molecule has 1 atom stereocenters. The SMILES string of the molecule is Cc1cc2c(cc1C)N(C)C(=C(Cl)C(=O)O)C2O. The summed E-state index contributed by atoms with van der Waals surface area (Å²) in [4.78, 5) is 12.6. The molecule has 0 radical (unpaired) electrons. The van der Waals surface area contributed by atoms with E-state index in [1.807, 2.05) is 26.0 Å². The number of fused-ring (bicyclic) bond motifs is 1. The van der Waals surface area contributed by atoms with Gasteiger partial charge in [-0.1, -0.05) is 17.7 Å². The third-order valence-corrected chi connectivity index (χ3v) is 3.69. The highest BCUT2D eigenvalue weighted by molar-refractivity contribution is 6.41. The highest BCUT2D eigenvalue weighted by Gasteiger charge is 2.34. The second-order valence-corrected chi connectivity index (χ2v) is 4.84. The molecule has 1 heterocycles. The van der Waals surface area contributed by atoms with Crippen molar-refractivity contribution in [1.82, 2.24) is 0 Å². The highest BCUT2D eigenvalue weighted by Crippen LogP contribution is 2.44. The summed E-state index contributed by atoms with van der Waals surface area (Å²) in [7, 11) is 1.70. The maximum absolute atomic E-state index is 10.9. The fraction of sp³-hybridized carbons (Fsp3) is 0.308. The Morgan fingerprint density at radius 1 is 1.33 bits per heavy atom. The van der Waals surface area contributed by atoms with E-state index < -0.39 is 12.1 Å². The van der Waals surface area contributed by atoms with Crippen molar-refractivity contribution in [3.05, 3.63) is 39.6 Å². The van der Waals surface area contributed by atoms with Crippen molar-refractivity contribution in [3.63, 3.8) is 0 Å². The molecule has 1 unspecified atom stereocenters. The number of carboxylic acids is 1. The van der Waals surface area contributed by atoms with Crippen LogP contribution in [0.3, 0.4) is 0 Å². The summed E-state index contributed by atoms with van der Waals surface area (Å²) in [5.74, 6) is -1.24. The summed E-state index contributed by atoms with van der Waals surface area (Å²) < 4.78 is 0. The number of likely N-dealkylation sites (N-methyl/N-ethyl adjacent to an activating group) is 1. The van der Waals surface area contributed by atoms with E-state index in [1.54, 1.807) is 11.9 Å². The summed E-state index contributed by atoms with van der Waals surface area (Å²) in [6, 6.07) is 3.79. The molecule has 96 valence electrons. The number of hydrogen-bond donors (Lipinski definition) is 2. The van der Waals surface area contributed by atoms with Crippen molar-refractivity contribution < 1.29 is 15.0 Å². The quantitative estimate of drug-likeness (QED) is 0.767. The van der Waals surface area contributed by atoms with Gasteiger partial charge in [0.25, 0.3) is 0 Å². The van der Waals surface area contributed by atoms with Crippen LogP contribution in [0.4, 0.5) is 5.69 Å². The molecule has 1 aliphatic rings. The van der Waals surface area contributed by atoms with Crippen LogP contribution in [0.5, 0.6) is 0 Å². The molecule has 0 aliphatic carbocycles. The second kappa shape index (κ2) is 4.30. The maximum atomic E-state index is 10.9. The molecule has 0 saturated carbocycles. The standard InChI is InChI=1S/C13H14ClNO3/c1-6-4-8-9(5-7(6)2)15(3)11(12(8)16)10(14)13(17)18/h4-5,12,16H,1-3H3,(H,17,18). The van der Waals surface area contributed by atoms with Crippen molar-refractivity contribution in [1.29, 1.82) is 0 Å². The predicted octanol–water partition coefficient (Wildman–Crippen LogP) is 2.32. The Morgan fingerprint density at radius 3 is 2.44 bits per heavy atom. The van der Waals surface area contributed by atoms with Gasteiger partial charge in [0.05, 0.1) is 5.70 Å². The number of benzene rings is 1. The molecule has 0 bridgehead atoms. The summed E-state index contributed by atoms with van der Waals surface area (Å²) in [6.07, 6.45) is -0.993. The van der Waals surface area contributed by atoms with E-state index in [1.165, 1.54) is 0 Å². The van der Waals surface area contributed by atoms with E-state index in [0.717, 1.165) is 16.8 Å². The van der Waals surface area contributed by atoms with Crippen LogP contribution in [0.25, 0.3) is 0 Å². The van der Waals surface area contributed by atoms with Gasteiger partial charge in [-0.05, 0) is 31.0 Å².